The highest BCUT2D eigenvalue weighted by atomic mass is 19.4. The van der Waals surface area contributed by atoms with Gasteiger partial charge in [-0.1, -0.05) is 0 Å². The van der Waals surface area contributed by atoms with Crippen LogP contribution in [0, 0.1) is 0 Å². The van der Waals surface area contributed by atoms with Crippen LogP contribution in [0.5, 0.6) is 0 Å². The van der Waals surface area contributed by atoms with Gasteiger partial charge in [0.05, 0.1) is 11.3 Å². The van der Waals surface area contributed by atoms with E-state index >= 15 is 0 Å². The molecule has 3 nitrogen and oxygen atoms in total. The maximum atomic E-state index is 12.8. The molecule has 21 heavy (non-hydrogen) atoms. The molecule has 106 valence electrons. The van der Waals surface area contributed by atoms with Crippen molar-refractivity contribution in [3.63, 3.8) is 0 Å². The molecule has 0 radical (unpaired) electrons. The second kappa shape index (κ2) is 4.73. The molecular weight excluding hydrogens is 281 g/mol. The summed E-state index contributed by atoms with van der Waals surface area (Å²) in [6.45, 7) is 0. The molecule has 6 heteroatoms. The summed E-state index contributed by atoms with van der Waals surface area (Å²) in [5.74, 6) is 0. The number of alkyl halides is 3. The number of carbonyl (C=O) groups excluding carboxylic acids is 1. The van der Waals surface area contributed by atoms with E-state index in [1.165, 1.54) is 6.07 Å². The molecule has 0 fully saturated rings. The highest BCUT2D eigenvalue weighted by molar-refractivity contribution is 6.04. The smallest absolute Gasteiger partial charge is 0.354 e. The van der Waals surface area contributed by atoms with Gasteiger partial charge in [-0.25, -0.2) is 0 Å². The molecule has 3 rings (SSSR count). The minimum absolute atomic E-state index is 0.198. The van der Waals surface area contributed by atoms with Gasteiger partial charge in [0.1, 0.15) is 0 Å². The quantitative estimate of drug-likeness (QED) is 0.723. The Morgan fingerprint density at radius 2 is 2.00 bits per heavy atom. The first-order chi connectivity index (χ1) is 10.0. The number of aldehydes is 1. The van der Waals surface area contributed by atoms with Gasteiger partial charge in [-0.3, -0.25) is 9.78 Å². The van der Waals surface area contributed by atoms with Crippen LogP contribution in [0.15, 0.2) is 42.7 Å². The fourth-order valence-electron chi connectivity index (χ4n) is 2.25. The van der Waals surface area contributed by atoms with Crippen LogP contribution in [0.2, 0.25) is 0 Å². The van der Waals surface area contributed by atoms with Crippen LogP contribution in [-0.2, 0) is 6.18 Å². The number of benzene rings is 1. The number of hydrogen-bond donors (Lipinski definition) is 1. The second-order valence-electron chi connectivity index (χ2n) is 4.53. The maximum absolute atomic E-state index is 12.8. The number of nitrogens with zero attached hydrogens (tertiary/aromatic N) is 1. The number of pyridine rings is 1. The molecule has 0 spiro atoms. The van der Waals surface area contributed by atoms with Crippen molar-refractivity contribution < 1.29 is 18.0 Å². The zero-order valence-electron chi connectivity index (χ0n) is 10.6. The second-order valence-corrected chi connectivity index (χ2v) is 4.53. The van der Waals surface area contributed by atoms with E-state index in [4.69, 9.17) is 0 Å². The van der Waals surface area contributed by atoms with Crippen molar-refractivity contribution >= 4 is 17.2 Å². The number of fused-ring (bicyclic) bond motifs is 1. The normalized spacial score (nSPS) is 11.8. The van der Waals surface area contributed by atoms with Crippen LogP contribution >= 0.6 is 0 Å². The molecule has 0 atom stereocenters. The van der Waals surface area contributed by atoms with E-state index in [0.29, 0.717) is 23.1 Å². The highest BCUT2D eigenvalue weighted by Crippen LogP contribution is 2.34. The van der Waals surface area contributed by atoms with Gasteiger partial charge < -0.3 is 4.98 Å². The highest BCUT2D eigenvalue weighted by Gasteiger charge is 2.31. The van der Waals surface area contributed by atoms with E-state index in [0.717, 1.165) is 12.1 Å². The molecule has 0 bridgehead atoms. The van der Waals surface area contributed by atoms with Gasteiger partial charge in [-0.05, 0) is 30.3 Å². The van der Waals surface area contributed by atoms with Crippen molar-refractivity contribution in [3.8, 4) is 11.3 Å². The van der Waals surface area contributed by atoms with Crippen molar-refractivity contribution in [1.29, 1.82) is 0 Å². The van der Waals surface area contributed by atoms with Gasteiger partial charge >= 0.3 is 6.18 Å². The van der Waals surface area contributed by atoms with Crippen LogP contribution in [0.4, 0.5) is 13.2 Å². The van der Waals surface area contributed by atoms with E-state index in [1.54, 1.807) is 24.5 Å². The number of halogens is 3. The summed E-state index contributed by atoms with van der Waals surface area (Å²) in [7, 11) is 0. The Morgan fingerprint density at radius 1 is 1.19 bits per heavy atom. The summed E-state index contributed by atoms with van der Waals surface area (Å²) in [6.07, 6.45) is -0.766. The Balaban J connectivity index is 2.27. The Hall–Kier alpha value is -2.63. The molecule has 2 aromatic heterocycles. The fraction of sp³-hybridized carbons (Fsp3) is 0.0667. The number of nitrogens with one attached hydrogen (secondary N) is 1. The monoisotopic (exact) mass is 290 g/mol. The molecule has 0 aliphatic rings. The van der Waals surface area contributed by atoms with Gasteiger partial charge in [0.15, 0.2) is 6.29 Å². The van der Waals surface area contributed by atoms with E-state index in [-0.39, 0.29) is 10.9 Å². The number of rotatable bonds is 2. The van der Waals surface area contributed by atoms with E-state index in [2.05, 4.69) is 9.97 Å². The van der Waals surface area contributed by atoms with E-state index < -0.39 is 11.7 Å². The first-order valence-electron chi connectivity index (χ1n) is 6.09. The van der Waals surface area contributed by atoms with E-state index in [9.17, 15) is 18.0 Å². The standard InChI is InChI=1S/C15H9F3N2O/c16-15(17,18)10-3-4-13-11(6-10)12(8-21)14(20-13)9-2-1-5-19-7-9/h1-8,20H. The molecular formula is C15H9F3N2O. The largest absolute Gasteiger partial charge is 0.416 e. The lowest BCUT2D eigenvalue weighted by Gasteiger charge is -2.05. The first kappa shape index (κ1) is 13.4. The predicted octanol–water partition coefficient (Wildman–Crippen LogP) is 4.06. The average molecular weight is 290 g/mol. The minimum atomic E-state index is -4.44. The number of hydrogen-bond acceptors (Lipinski definition) is 2. The summed E-state index contributed by atoms with van der Waals surface area (Å²) < 4.78 is 38.3. The van der Waals surface area contributed by atoms with Crippen LogP contribution in [0.25, 0.3) is 22.2 Å². The third kappa shape index (κ3) is 2.29. The molecule has 3 aromatic rings. The predicted molar refractivity (Wildman–Crippen MR) is 71.9 cm³/mol. The molecule has 0 unspecified atom stereocenters. The summed E-state index contributed by atoms with van der Waals surface area (Å²) in [5, 5.41) is 0.249. The Kier molecular flexibility index (Phi) is 3.01. The lowest BCUT2D eigenvalue weighted by Crippen LogP contribution is -2.04. The molecule has 0 saturated carbocycles. The number of aromatic amines is 1. The van der Waals surface area contributed by atoms with Gasteiger partial charge in [-0.2, -0.15) is 13.2 Å². The summed E-state index contributed by atoms with van der Waals surface area (Å²) in [5.41, 5.74) is 1.000. The molecule has 1 aromatic carbocycles. The topological polar surface area (TPSA) is 45.8 Å². The fourth-order valence-corrected chi connectivity index (χ4v) is 2.25. The van der Waals surface area contributed by atoms with Gasteiger partial charge in [0.25, 0.3) is 0 Å². The maximum Gasteiger partial charge on any atom is 0.416 e. The molecule has 0 aliphatic carbocycles. The van der Waals surface area contributed by atoms with Crippen LogP contribution in [-0.4, -0.2) is 16.3 Å². The van der Waals surface area contributed by atoms with Crippen molar-refractivity contribution in [3.05, 3.63) is 53.9 Å². The Morgan fingerprint density at radius 3 is 2.62 bits per heavy atom. The number of H-pyrrole nitrogens is 1. The number of aromatic nitrogens is 2. The molecule has 0 amide bonds. The van der Waals surface area contributed by atoms with Gasteiger partial charge in [0.2, 0.25) is 0 Å². The Labute approximate surface area is 117 Å². The molecule has 0 saturated heterocycles. The van der Waals surface area contributed by atoms with Crippen molar-refractivity contribution in [2.75, 3.05) is 0 Å². The SMILES string of the molecule is O=Cc1c(-c2cccnc2)[nH]c2ccc(C(F)(F)F)cc12. The summed E-state index contributed by atoms with van der Waals surface area (Å²) >= 11 is 0. The molecule has 0 aliphatic heterocycles. The lowest BCUT2D eigenvalue weighted by molar-refractivity contribution is -0.137. The van der Waals surface area contributed by atoms with Gasteiger partial charge in [-0.15, -0.1) is 0 Å². The zero-order valence-corrected chi connectivity index (χ0v) is 10.6. The minimum Gasteiger partial charge on any atom is -0.354 e. The van der Waals surface area contributed by atoms with Crippen LogP contribution < -0.4 is 0 Å². The molecule has 1 N–H and O–H groups in total. The van der Waals surface area contributed by atoms with Crippen molar-refractivity contribution in [2.45, 2.75) is 6.18 Å². The van der Waals surface area contributed by atoms with Crippen LogP contribution in [0.3, 0.4) is 0 Å². The van der Waals surface area contributed by atoms with Crippen molar-refractivity contribution in [1.82, 2.24) is 9.97 Å². The summed E-state index contributed by atoms with van der Waals surface area (Å²) in [6, 6.07) is 6.72. The third-order valence-corrected chi connectivity index (χ3v) is 3.23. The lowest BCUT2D eigenvalue weighted by atomic mass is 10.1. The summed E-state index contributed by atoms with van der Waals surface area (Å²) in [4.78, 5) is 18.2. The zero-order chi connectivity index (χ0) is 15.0. The third-order valence-electron chi connectivity index (χ3n) is 3.23. The van der Waals surface area contributed by atoms with Crippen molar-refractivity contribution in [2.24, 2.45) is 0 Å². The molecule has 2 heterocycles. The van der Waals surface area contributed by atoms with E-state index in [1.807, 2.05) is 0 Å². The average Bonchev–Trinajstić information content (AvgIpc) is 2.84. The first-order valence-corrected chi connectivity index (χ1v) is 6.09. The Bertz CT molecular complexity index is 807. The van der Waals surface area contributed by atoms with Gasteiger partial charge in [0, 0.05) is 34.4 Å². The van der Waals surface area contributed by atoms with Crippen LogP contribution in [0.1, 0.15) is 15.9 Å². The number of carbonyl (C=O) groups is 1.